The number of imide groups is 1. The summed E-state index contributed by atoms with van der Waals surface area (Å²) in [5.41, 5.74) is 0. The van der Waals surface area contributed by atoms with E-state index in [0.717, 1.165) is 4.90 Å². The van der Waals surface area contributed by atoms with Crippen molar-refractivity contribution in [2.45, 2.75) is 6.42 Å². The summed E-state index contributed by atoms with van der Waals surface area (Å²) < 4.78 is 4.77. The number of esters is 1. The van der Waals surface area contributed by atoms with Crippen LogP contribution in [0.2, 0.25) is 5.02 Å². The van der Waals surface area contributed by atoms with Crippen LogP contribution in [0.5, 0.6) is 0 Å². The summed E-state index contributed by atoms with van der Waals surface area (Å²) in [6, 6.07) is 2.39. The molecule has 0 bridgehead atoms. The number of pyridine rings is 1. The van der Waals surface area contributed by atoms with Gasteiger partial charge in [-0.15, -0.1) is 0 Å². The predicted octanol–water partition coefficient (Wildman–Crippen LogP) is 0.159. The van der Waals surface area contributed by atoms with Gasteiger partial charge in [0.2, 0.25) is 5.91 Å². The number of urea groups is 1. The topological polar surface area (TPSA) is 118 Å². The second-order valence-electron chi connectivity index (χ2n) is 4.60. The quantitative estimate of drug-likeness (QED) is 0.737. The van der Waals surface area contributed by atoms with Gasteiger partial charge in [-0.1, -0.05) is 11.6 Å². The summed E-state index contributed by atoms with van der Waals surface area (Å²) in [4.78, 5) is 50.6. The van der Waals surface area contributed by atoms with Crippen LogP contribution in [-0.4, -0.2) is 53.4 Å². The average molecular weight is 341 g/mol. The largest absolute Gasteiger partial charge is 0.454 e. The highest BCUT2D eigenvalue weighted by molar-refractivity contribution is 6.30. The molecule has 0 unspecified atom stereocenters. The van der Waals surface area contributed by atoms with Crippen molar-refractivity contribution in [3.05, 3.63) is 23.4 Å². The highest BCUT2D eigenvalue weighted by Gasteiger charge is 2.25. The first-order chi connectivity index (χ1) is 10.9. The Hall–Kier alpha value is -2.68. The van der Waals surface area contributed by atoms with Gasteiger partial charge in [0.25, 0.3) is 5.91 Å². The molecule has 0 radical (unpaired) electrons. The van der Waals surface area contributed by atoms with Crippen LogP contribution in [0.4, 0.5) is 10.6 Å². The van der Waals surface area contributed by atoms with E-state index in [2.05, 4.69) is 15.6 Å². The summed E-state index contributed by atoms with van der Waals surface area (Å²) in [6.45, 7) is -0.732. The van der Waals surface area contributed by atoms with Crippen molar-refractivity contribution < 1.29 is 23.9 Å². The molecule has 0 spiro atoms. The molecule has 2 N–H and O–H groups in total. The Balaban J connectivity index is 1.73. The first-order valence-corrected chi connectivity index (χ1v) is 6.97. The number of rotatable bonds is 5. The van der Waals surface area contributed by atoms with Gasteiger partial charge in [0.15, 0.2) is 6.61 Å². The fourth-order valence-corrected chi connectivity index (χ4v) is 1.84. The zero-order valence-electron chi connectivity index (χ0n) is 11.9. The number of aromatic nitrogens is 1. The van der Waals surface area contributed by atoms with Gasteiger partial charge >= 0.3 is 12.0 Å². The monoisotopic (exact) mass is 340 g/mol. The standard InChI is InChI=1S/C13H13ClN4O5/c14-8-1-2-9(15-5-8)16-11(20)7-23-12(21)6-18-4-3-10(19)17-13(18)22/h1-2,5H,3-4,6-7H2,(H,15,16,20)(H,17,19,22). The van der Waals surface area contributed by atoms with Crippen molar-refractivity contribution in [2.75, 3.05) is 25.0 Å². The Morgan fingerprint density at radius 3 is 2.83 bits per heavy atom. The maximum atomic E-state index is 11.6. The van der Waals surface area contributed by atoms with E-state index in [1.165, 1.54) is 12.3 Å². The molecule has 0 atom stereocenters. The molecule has 0 aromatic carbocycles. The molecule has 1 aromatic rings. The molecule has 4 amide bonds. The van der Waals surface area contributed by atoms with Gasteiger partial charge in [0.05, 0.1) is 5.02 Å². The Bertz CT molecular complexity index is 634. The summed E-state index contributed by atoms with van der Waals surface area (Å²) in [5.74, 6) is -1.46. The van der Waals surface area contributed by atoms with Crippen molar-refractivity contribution >= 4 is 41.2 Å². The lowest BCUT2D eigenvalue weighted by Crippen LogP contribution is -2.51. The number of amides is 4. The number of hydrogen-bond acceptors (Lipinski definition) is 6. The molecule has 122 valence electrons. The average Bonchev–Trinajstić information content (AvgIpc) is 2.50. The molecule has 1 aromatic heterocycles. The van der Waals surface area contributed by atoms with E-state index < -0.39 is 30.4 Å². The molecule has 1 aliphatic heterocycles. The van der Waals surface area contributed by atoms with Crippen molar-refractivity contribution in [1.29, 1.82) is 0 Å². The highest BCUT2D eigenvalue weighted by Crippen LogP contribution is 2.09. The summed E-state index contributed by atoms with van der Waals surface area (Å²) in [7, 11) is 0. The Labute approximate surface area is 135 Å². The molecular weight excluding hydrogens is 328 g/mol. The lowest BCUT2D eigenvalue weighted by molar-refractivity contribution is -0.148. The van der Waals surface area contributed by atoms with E-state index in [-0.39, 0.29) is 25.3 Å². The lowest BCUT2D eigenvalue weighted by Gasteiger charge is -2.25. The first kappa shape index (κ1) is 16.7. The molecule has 0 aliphatic carbocycles. The van der Waals surface area contributed by atoms with Crippen molar-refractivity contribution in [2.24, 2.45) is 0 Å². The molecule has 0 saturated carbocycles. The normalized spacial score (nSPS) is 14.2. The van der Waals surface area contributed by atoms with Crippen LogP contribution in [0.25, 0.3) is 0 Å². The lowest BCUT2D eigenvalue weighted by atomic mass is 10.3. The van der Waals surface area contributed by atoms with Gasteiger partial charge in [0.1, 0.15) is 12.4 Å². The number of nitrogens with one attached hydrogen (secondary N) is 2. The molecule has 1 fully saturated rings. The first-order valence-electron chi connectivity index (χ1n) is 6.60. The van der Waals surface area contributed by atoms with Gasteiger partial charge in [0, 0.05) is 19.2 Å². The van der Waals surface area contributed by atoms with E-state index >= 15 is 0 Å². The number of nitrogens with zero attached hydrogens (tertiary/aromatic N) is 2. The van der Waals surface area contributed by atoms with E-state index in [1.54, 1.807) is 6.07 Å². The minimum atomic E-state index is -0.756. The fraction of sp³-hybridized carbons (Fsp3) is 0.308. The third kappa shape index (κ3) is 5.22. The molecule has 23 heavy (non-hydrogen) atoms. The number of halogens is 1. The Morgan fingerprint density at radius 1 is 1.39 bits per heavy atom. The highest BCUT2D eigenvalue weighted by atomic mass is 35.5. The maximum absolute atomic E-state index is 11.6. The van der Waals surface area contributed by atoms with Crippen LogP contribution in [-0.2, 0) is 19.1 Å². The maximum Gasteiger partial charge on any atom is 0.326 e. The van der Waals surface area contributed by atoms with E-state index in [4.69, 9.17) is 16.3 Å². The Kier molecular flexibility index (Phi) is 5.47. The van der Waals surface area contributed by atoms with Gasteiger partial charge in [-0.2, -0.15) is 0 Å². The molecule has 9 nitrogen and oxygen atoms in total. The summed E-state index contributed by atoms with van der Waals surface area (Å²) in [6.07, 6.45) is 1.47. The van der Waals surface area contributed by atoms with E-state index in [0.29, 0.717) is 5.02 Å². The minimum Gasteiger partial charge on any atom is -0.454 e. The second kappa shape index (κ2) is 7.54. The van der Waals surface area contributed by atoms with Crippen molar-refractivity contribution in [1.82, 2.24) is 15.2 Å². The third-order valence-corrected chi connectivity index (χ3v) is 3.05. The summed E-state index contributed by atoms with van der Waals surface area (Å²) >= 11 is 5.66. The van der Waals surface area contributed by atoms with Crippen LogP contribution in [0.1, 0.15) is 6.42 Å². The number of carbonyl (C=O) groups is 4. The van der Waals surface area contributed by atoms with Gasteiger partial charge < -0.3 is 15.0 Å². The van der Waals surface area contributed by atoms with Crippen LogP contribution in [0.15, 0.2) is 18.3 Å². The number of anilines is 1. The molecule has 2 rings (SSSR count). The summed E-state index contributed by atoms with van der Waals surface area (Å²) in [5, 5.41) is 4.92. The molecule has 2 heterocycles. The Morgan fingerprint density at radius 2 is 2.17 bits per heavy atom. The number of ether oxygens (including phenoxy) is 1. The van der Waals surface area contributed by atoms with E-state index in [9.17, 15) is 19.2 Å². The van der Waals surface area contributed by atoms with E-state index in [1.807, 2.05) is 0 Å². The van der Waals surface area contributed by atoms with Crippen LogP contribution in [0, 0.1) is 0 Å². The van der Waals surface area contributed by atoms with Gasteiger partial charge in [-0.05, 0) is 12.1 Å². The predicted molar refractivity (Wildman–Crippen MR) is 78.6 cm³/mol. The molecule has 1 aliphatic rings. The van der Waals surface area contributed by atoms with Crippen LogP contribution < -0.4 is 10.6 Å². The molecule has 10 heteroatoms. The van der Waals surface area contributed by atoms with Gasteiger partial charge in [-0.25, -0.2) is 9.78 Å². The zero-order valence-corrected chi connectivity index (χ0v) is 12.6. The minimum absolute atomic E-state index is 0.113. The number of carbonyl (C=O) groups excluding carboxylic acids is 4. The van der Waals surface area contributed by atoms with Crippen molar-refractivity contribution in [3.8, 4) is 0 Å². The SMILES string of the molecule is O=C1CCN(CC(=O)OCC(=O)Nc2ccc(Cl)cn2)C(=O)N1. The molecule has 1 saturated heterocycles. The van der Waals surface area contributed by atoms with Crippen LogP contribution >= 0.6 is 11.6 Å². The zero-order chi connectivity index (χ0) is 16.8. The fourth-order valence-electron chi connectivity index (χ4n) is 1.73. The van der Waals surface area contributed by atoms with Gasteiger partial charge in [-0.3, -0.25) is 19.7 Å². The van der Waals surface area contributed by atoms with Crippen molar-refractivity contribution in [3.63, 3.8) is 0 Å². The number of hydrogen-bond donors (Lipinski definition) is 2. The van der Waals surface area contributed by atoms with Crippen LogP contribution in [0.3, 0.4) is 0 Å². The third-order valence-electron chi connectivity index (χ3n) is 2.82. The second-order valence-corrected chi connectivity index (χ2v) is 5.03. The smallest absolute Gasteiger partial charge is 0.326 e. The molecular formula is C13H13ClN4O5.